The number of carbonyl (C=O) groups is 1. The molecular weight excluding hydrogens is 372 g/mol. The molecular formula is C6H3Br3N2O2. The lowest BCUT2D eigenvalue weighted by molar-refractivity contribution is 0.0683. The largest absolute Gasteiger partial charge is 0.475 e. The van der Waals surface area contributed by atoms with Crippen molar-refractivity contribution in [1.82, 2.24) is 9.97 Å². The first-order valence-electron chi connectivity index (χ1n) is 3.05. The Morgan fingerprint density at radius 2 is 2.08 bits per heavy atom. The highest BCUT2D eigenvalue weighted by molar-refractivity contribution is 9.38. The fraction of sp³-hybridized carbons (Fsp3) is 0.167. The number of hydrogen-bond donors (Lipinski definition) is 1. The fourth-order valence-electron chi connectivity index (χ4n) is 0.620. The second kappa shape index (κ2) is 4.02. The summed E-state index contributed by atoms with van der Waals surface area (Å²) in [5.74, 6) is -1.39. The highest BCUT2D eigenvalue weighted by Crippen LogP contribution is 2.42. The highest BCUT2D eigenvalue weighted by Gasteiger charge is 2.23. The van der Waals surface area contributed by atoms with Gasteiger partial charge in [-0.05, 0) is 6.07 Å². The van der Waals surface area contributed by atoms with Crippen LogP contribution in [-0.2, 0) is 2.14 Å². The number of aromatic carboxylic acids is 1. The van der Waals surface area contributed by atoms with Crippen LogP contribution in [0.1, 0.15) is 16.3 Å². The number of rotatable bonds is 1. The van der Waals surface area contributed by atoms with Gasteiger partial charge in [0.2, 0.25) is 5.82 Å². The maximum Gasteiger partial charge on any atom is 0.373 e. The van der Waals surface area contributed by atoms with E-state index >= 15 is 0 Å². The maximum absolute atomic E-state index is 10.5. The zero-order valence-corrected chi connectivity index (χ0v) is 10.8. The van der Waals surface area contributed by atoms with Crippen molar-refractivity contribution in [2.75, 3.05) is 0 Å². The van der Waals surface area contributed by atoms with Gasteiger partial charge in [0.25, 0.3) is 0 Å². The summed E-state index contributed by atoms with van der Waals surface area (Å²) < 4.78 is -0.708. The van der Waals surface area contributed by atoms with Crippen molar-refractivity contribution < 1.29 is 9.90 Å². The second-order valence-electron chi connectivity index (χ2n) is 2.07. The molecule has 7 heteroatoms. The molecule has 0 radical (unpaired) electrons. The smallest absolute Gasteiger partial charge is 0.373 e. The van der Waals surface area contributed by atoms with Gasteiger partial charge >= 0.3 is 5.97 Å². The summed E-state index contributed by atoms with van der Waals surface area (Å²) in [5.41, 5.74) is 0.486. The monoisotopic (exact) mass is 372 g/mol. The molecule has 0 spiro atoms. The number of halogens is 3. The number of alkyl halides is 3. The molecule has 1 aromatic heterocycles. The third-order valence-corrected chi connectivity index (χ3v) is 2.36. The number of hydrogen-bond acceptors (Lipinski definition) is 3. The van der Waals surface area contributed by atoms with E-state index < -0.39 is 8.11 Å². The van der Waals surface area contributed by atoms with Gasteiger partial charge in [-0.1, -0.05) is 47.8 Å². The van der Waals surface area contributed by atoms with Gasteiger partial charge in [0.1, 0.15) is 0 Å². The van der Waals surface area contributed by atoms with E-state index in [1.807, 2.05) is 0 Å². The molecule has 0 saturated heterocycles. The molecule has 70 valence electrons. The van der Waals surface area contributed by atoms with E-state index in [1.165, 1.54) is 6.20 Å². The van der Waals surface area contributed by atoms with Gasteiger partial charge in [-0.3, -0.25) is 0 Å². The summed E-state index contributed by atoms with van der Waals surface area (Å²) in [5, 5.41) is 8.60. The molecule has 0 aromatic carbocycles. The van der Waals surface area contributed by atoms with Crippen LogP contribution in [0.3, 0.4) is 0 Å². The first-order valence-corrected chi connectivity index (χ1v) is 5.42. The third-order valence-electron chi connectivity index (χ3n) is 1.14. The van der Waals surface area contributed by atoms with E-state index in [4.69, 9.17) is 5.11 Å². The highest BCUT2D eigenvalue weighted by atomic mass is 80.0. The number of carboxylic acid groups (broad SMARTS) is 1. The summed E-state index contributed by atoms with van der Waals surface area (Å²) in [6, 6.07) is 1.59. The SMILES string of the molecule is O=C(O)c1nccc(C(Br)(Br)Br)n1. The van der Waals surface area contributed by atoms with E-state index in [9.17, 15) is 4.79 Å². The minimum atomic E-state index is -1.15. The quantitative estimate of drug-likeness (QED) is 0.767. The van der Waals surface area contributed by atoms with Crippen LogP contribution < -0.4 is 0 Å². The first-order chi connectivity index (χ1) is 5.91. The average molecular weight is 375 g/mol. The summed E-state index contributed by atoms with van der Waals surface area (Å²) in [6.07, 6.45) is 1.38. The Bertz CT molecular complexity index is 337. The van der Waals surface area contributed by atoms with Crippen molar-refractivity contribution in [2.45, 2.75) is 2.14 Å². The van der Waals surface area contributed by atoms with Gasteiger partial charge in [-0.2, -0.15) is 0 Å². The van der Waals surface area contributed by atoms with Gasteiger partial charge in [-0.15, -0.1) is 0 Å². The van der Waals surface area contributed by atoms with Crippen molar-refractivity contribution in [3.63, 3.8) is 0 Å². The molecule has 1 heterocycles. The van der Waals surface area contributed by atoms with Crippen molar-refractivity contribution in [3.8, 4) is 0 Å². The van der Waals surface area contributed by atoms with Crippen molar-refractivity contribution >= 4 is 53.8 Å². The Labute approximate surface area is 99.2 Å². The molecule has 13 heavy (non-hydrogen) atoms. The summed E-state index contributed by atoms with van der Waals surface area (Å²) in [4.78, 5) is 17.9. The average Bonchev–Trinajstić information content (AvgIpc) is 2.03. The van der Waals surface area contributed by atoms with Crippen LogP contribution in [0.4, 0.5) is 0 Å². The summed E-state index contributed by atoms with van der Waals surface area (Å²) in [6.45, 7) is 0. The van der Waals surface area contributed by atoms with E-state index in [2.05, 4.69) is 57.8 Å². The molecule has 1 rings (SSSR count). The minimum absolute atomic E-state index is 0.236. The molecule has 0 atom stereocenters. The first kappa shape index (κ1) is 11.1. The Balaban J connectivity index is 3.13. The van der Waals surface area contributed by atoms with Gasteiger partial charge < -0.3 is 5.11 Å². The lowest BCUT2D eigenvalue weighted by atomic mass is 10.4. The topological polar surface area (TPSA) is 63.1 Å². The zero-order chi connectivity index (χ0) is 10.1. The summed E-state index contributed by atoms with van der Waals surface area (Å²) >= 11 is 9.66. The third kappa shape index (κ3) is 2.99. The predicted octanol–water partition coefficient (Wildman–Crippen LogP) is 2.47. The molecule has 0 fully saturated rings. The Kier molecular flexibility index (Phi) is 3.42. The maximum atomic E-state index is 10.5. The predicted molar refractivity (Wildman–Crippen MR) is 57.5 cm³/mol. The van der Waals surface area contributed by atoms with E-state index in [0.717, 1.165) is 0 Å². The van der Waals surface area contributed by atoms with Gasteiger partial charge in [-0.25, -0.2) is 14.8 Å². The van der Waals surface area contributed by atoms with Gasteiger partial charge in [0, 0.05) is 6.20 Å². The van der Waals surface area contributed by atoms with Crippen molar-refractivity contribution in [3.05, 3.63) is 23.8 Å². The molecule has 4 nitrogen and oxygen atoms in total. The number of nitrogens with zero attached hydrogens (tertiary/aromatic N) is 2. The molecule has 0 aliphatic carbocycles. The lowest BCUT2D eigenvalue weighted by Gasteiger charge is -2.10. The molecule has 1 N–H and O–H groups in total. The normalized spacial score (nSPS) is 11.3. The standard InChI is InChI=1S/C6H3Br3N2O2/c7-6(8,9)3-1-2-10-4(11-3)5(12)13/h1-2H,(H,12,13). The Hall–Kier alpha value is -0.0100. The summed E-state index contributed by atoms with van der Waals surface area (Å²) in [7, 11) is 0. The van der Waals surface area contributed by atoms with Gasteiger partial charge in [0.05, 0.1) is 5.69 Å². The molecule has 0 aliphatic heterocycles. The Morgan fingerprint density at radius 1 is 1.46 bits per heavy atom. The second-order valence-corrected chi connectivity index (χ2v) is 8.83. The van der Waals surface area contributed by atoms with Crippen molar-refractivity contribution in [1.29, 1.82) is 0 Å². The van der Waals surface area contributed by atoms with E-state index in [1.54, 1.807) is 6.07 Å². The van der Waals surface area contributed by atoms with Crippen LogP contribution >= 0.6 is 47.8 Å². The Morgan fingerprint density at radius 3 is 2.54 bits per heavy atom. The zero-order valence-electron chi connectivity index (χ0n) is 6.04. The van der Waals surface area contributed by atoms with E-state index in [0.29, 0.717) is 5.69 Å². The number of carboxylic acids is 1. The molecule has 0 unspecified atom stereocenters. The van der Waals surface area contributed by atoms with Crippen molar-refractivity contribution in [2.24, 2.45) is 0 Å². The molecule has 0 bridgehead atoms. The van der Waals surface area contributed by atoms with Crippen LogP contribution in [0.5, 0.6) is 0 Å². The van der Waals surface area contributed by atoms with Crippen LogP contribution in [0.2, 0.25) is 0 Å². The number of aromatic nitrogens is 2. The van der Waals surface area contributed by atoms with Crippen LogP contribution in [0, 0.1) is 0 Å². The van der Waals surface area contributed by atoms with E-state index in [-0.39, 0.29) is 5.82 Å². The fourth-order valence-corrected chi connectivity index (χ4v) is 1.28. The molecule has 0 aliphatic rings. The minimum Gasteiger partial charge on any atom is -0.475 e. The van der Waals surface area contributed by atoms with Crippen LogP contribution in [0.15, 0.2) is 12.3 Å². The van der Waals surface area contributed by atoms with Crippen LogP contribution in [0.25, 0.3) is 0 Å². The molecule has 1 aromatic rings. The lowest BCUT2D eigenvalue weighted by Crippen LogP contribution is -2.09. The molecule has 0 amide bonds. The van der Waals surface area contributed by atoms with Gasteiger partial charge in [0.15, 0.2) is 2.14 Å². The van der Waals surface area contributed by atoms with Crippen LogP contribution in [-0.4, -0.2) is 21.0 Å². The molecule has 0 saturated carbocycles.